The fourth-order valence-electron chi connectivity index (χ4n) is 4.57. The molecule has 46 heavy (non-hydrogen) atoms. The van der Waals surface area contributed by atoms with Gasteiger partial charge in [-0.2, -0.15) is 0 Å². The number of unbranched alkanes of at least 4 members (excludes halogenated alkanes) is 4. The maximum absolute atomic E-state index is 12.9. The second kappa shape index (κ2) is 20.5. The number of hydrogen-bond donors (Lipinski definition) is 4. The van der Waals surface area contributed by atoms with E-state index in [1.165, 1.54) is 0 Å². The largest absolute Gasteiger partial charge is 0.370 e. The van der Waals surface area contributed by atoms with E-state index in [0.717, 1.165) is 100 Å². The Kier molecular flexibility index (Phi) is 16.1. The number of amidine groups is 2. The molecule has 4 N–H and O–H groups in total. The van der Waals surface area contributed by atoms with Gasteiger partial charge >= 0.3 is 0 Å². The Morgan fingerprint density at radius 3 is 1.13 bits per heavy atom. The van der Waals surface area contributed by atoms with Crippen molar-refractivity contribution in [2.24, 2.45) is 9.98 Å². The molecule has 246 valence electrons. The molecule has 0 radical (unpaired) electrons. The minimum absolute atomic E-state index is 0.239. The van der Waals surface area contributed by atoms with Gasteiger partial charge in [-0.25, -0.2) is 0 Å². The van der Waals surface area contributed by atoms with Gasteiger partial charge in [-0.3, -0.25) is 19.6 Å². The number of benzene rings is 3. The molecule has 0 saturated heterocycles. The van der Waals surface area contributed by atoms with Crippen LogP contribution in [0.15, 0.2) is 82.8 Å². The summed E-state index contributed by atoms with van der Waals surface area (Å²) in [5.41, 5.74) is 4.33. The summed E-state index contributed by atoms with van der Waals surface area (Å²) in [7, 11) is 0. The number of amides is 2. The molecule has 0 aliphatic heterocycles. The van der Waals surface area contributed by atoms with Crippen molar-refractivity contribution in [3.63, 3.8) is 0 Å². The Labute approximate surface area is 275 Å². The van der Waals surface area contributed by atoms with Crippen molar-refractivity contribution >= 4 is 34.9 Å². The van der Waals surface area contributed by atoms with Crippen LogP contribution in [0.4, 0.5) is 11.4 Å². The summed E-state index contributed by atoms with van der Waals surface area (Å²) < 4.78 is 0. The second-order valence-corrected chi connectivity index (χ2v) is 11.4. The molecule has 0 unspecified atom stereocenters. The molecule has 3 aromatic carbocycles. The third-order valence-electron chi connectivity index (χ3n) is 7.45. The minimum Gasteiger partial charge on any atom is -0.370 e. The minimum atomic E-state index is -0.239. The van der Waals surface area contributed by atoms with E-state index in [1.54, 1.807) is 24.3 Å². The van der Waals surface area contributed by atoms with Gasteiger partial charge in [0, 0.05) is 59.8 Å². The Balaban J connectivity index is 1.58. The van der Waals surface area contributed by atoms with Gasteiger partial charge < -0.3 is 21.3 Å². The van der Waals surface area contributed by atoms with Crippen LogP contribution >= 0.6 is 0 Å². The molecular weight excluding hydrogens is 572 g/mol. The van der Waals surface area contributed by atoms with Crippen molar-refractivity contribution in [1.29, 1.82) is 0 Å². The fourth-order valence-corrected chi connectivity index (χ4v) is 4.57. The van der Waals surface area contributed by atoms with Crippen molar-refractivity contribution in [1.82, 2.24) is 10.6 Å². The predicted molar refractivity (Wildman–Crippen MR) is 194 cm³/mol. The van der Waals surface area contributed by atoms with Gasteiger partial charge in [0.1, 0.15) is 11.7 Å². The topological polar surface area (TPSA) is 107 Å². The quantitative estimate of drug-likeness (QED) is 0.0652. The Hall–Kier alpha value is -4.46. The van der Waals surface area contributed by atoms with Crippen LogP contribution in [0.3, 0.4) is 0 Å². The lowest BCUT2D eigenvalue weighted by molar-refractivity contribution is 0.101. The molecule has 8 heteroatoms. The van der Waals surface area contributed by atoms with E-state index in [2.05, 4.69) is 49.0 Å². The van der Waals surface area contributed by atoms with E-state index in [0.29, 0.717) is 22.5 Å². The van der Waals surface area contributed by atoms with Crippen LogP contribution in [0.5, 0.6) is 0 Å². The molecule has 2 amide bonds. The lowest BCUT2D eigenvalue weighted by atomic mass is 10.1. The van der Waals surface area contributed by atoms with Crippen molar-refractivity contribution in [3.8, 4) is 0 Å². The van der Waals surface area contributed by atoms with Crippen LogP contribution in [-0.2, 0) is 0 Å². The number of rotatable bonds is 18. The van der Waals surface area contributed by atoms with E-state index in [9.17, 15) is 9.59 Å². The summed E-state index contributed by atoms with van der Waals surface area (Å²) in [4.78, 5) is 35.4. The highest BCUT2D eigenvalue weighted by atomic mass is 16.2. The first-order valence-corrected chi connectivity index (χ1v) is 17.0. The highest BCUT2D eigenvalue weighted by molar-refractivity contribution is 6.07. The summed E-state index contributed by atoms with van der Waals surface area (Å²) in [5, 5.41) is 12.8. The van der Waals surface area contributed by atoms with E-state index >= 15 is 0 Å². The Morgan fingerprint density at radius 1 is 0.478 bits per heavy atom. The zero-order valence-corrected chi connectivity index (χ0v) is 28.1. The average molecular weight is 625 g/mol. The van der Waals surface area contributed by atoms with Crippen LogP contribution in [0.1, 0.15) is 111 Å². The third kappa shape index (κ3) is 12.1. The van der Waals surface area contributed by atoms with E-state index < -0.39 is 0 Å². The molecule has 0 aliphatic carbocycles. The molecule has 0 heterocycles. The normalized spacial score (nSPS) is 11.7. The standard InChI is InChI=1S/C38H52N6O2/c1-5-9-25-39-35(40-26-10-6-2)29-17-21-33(22-18-29)43-37(45)31-13-15-32(16-14-31)38(46)44-34-23-19-30(20-24-34)36(41-27-11-7-3)42-28-12-8-4/h13-24H,5-12,25-28H2,1-4H3,(H,39,40)(H,41,42)(H,43,45)(H,44,46). The molecule has 0 saturated carbocycles. The number of nitrogens with zero attached hydrogens (tertiary/aromatic N) is 2. The predicted octanol–water partition coefficient (Wildman–Crippen LogP) is 8.06. The van der Waals surface area contributed by atoms with Gasteiger partial charge in [0.25, 0.3) is 11.8 Å². The summed E-state index contributed by atoms with van der Waals surface area (Å²) in [6.07, 6.45) is 8.71. The molecule has 0 fully saturated rings. The highest BCUT2D eigenvalue weighted by Crippen LogP contribution is 2.15. The van der Waals surface area contributed by atoms with Crippen molar-refractivity contribution in [2.75, 3.05) is 36.8 Å². The summed E-state index contributed by atoms with van der Waals surface area (Å²) in [5.74, 6) is 1.31. The third-order valence-corrected chi connectivity index (χ3v) is 7.45. The van der Waals surface area contributed by atoms with Gasteiger partial charge in [-0.05, 0) is 98.5 Å². The fraction of sp³-hybridized carbons (Fsp3) is 0.421. The first-order valence-electron chi connectivity index (χ1n) is 17.0. The molecule has 0 bridgehead atoms. The van der Waals surface area contributed by atoms with E-state index in [4.69, 9.17) is 9.98 Å². The first-order chi connectivity index (χ1) is 22.5. The zero-order valence-electron chi connectivity index (χ0n) is 28.1. The molecule has 0 spiro atoms. The maximum atomic E-state index is 12.9. The van der Waals surface area contributed by atoms with Crippen LogP contribution in [0.2, 0.25) is 0 Å². The molecule has 3 aromatic rings. The summed E-state index contributed by atoms with van der Waals surface area (Å²) >= 11 is 0. The van der Waals surface area contributed by atoms with Gasteiger partial charge in [-0.1, -0.05) is 53.4 Å². The van der Waals surface area contributed by atoms with Gasteiger partial charge in [0.05, 0.1) is 0 Å². The average Bonchev–Trinajstić information content (AvgIpc) is 3.08. The molecular formula is C38H52N6O2. The first kappa shape index (κ1) is 36.0. The monoisotopic (exact) mass is 624 g/mol. The van der Waals surface area contributed by atoms with Crippen LogP contribution < -0.4 is 21.3 Å². The molecule has 8 nitrogen and oxygen atoms in total. The van der Waals surface area contributed by atoms with Gasteiger partial charge in [0.15, 0.2) is 0 Å². The lowest BCUT2D eigenvalue weighted by Crippen LogP contribution is -2.26. The molecule has 0 aromatic heterocycles. The van der Waals surface area contributed by atoms with Crippen molar-refractivity contribution < 1.29 is 9.59 Å². The number of anilines is 2. The SMILES string of the molecule is CCCCN=C(NCCCC)c1ccc(NC(=O)c2ccc(C(=O)Nc3ccc(C(=NCCCC)NCCCC)cc3)cc2)cc1. The van der Waals surface area contributed by atoms with E-state index in [-0.39, 0.29) is 11.8 Å². The van der Waals surface area contributed by atoms with Gasteiger partial charge in [0.2, 0.25) is 0 Å². The summed E-state index contributed by atoms with van der Waals surface area (Å²) in [6, 6.07) is 22.1. The number of hydrogen-bond acceptors (Lipinski definition) is 4. The lowest BCUT2D eigenvalue weighted by Gasteiger charge is -2.12. The van der Waals surface area contributed by atoms with E-state index in [1.807, 2.05) is 48.5 Å². The Morgan fingerprint density at radius 2 is 0.804 bits per heavy atom. The van der Waals surface area contributed by atoms with Crippen molar-refractivity contribution in [2.45, 2.75) is 79.1 Å². The van der Waals surface area contributed by atoms with Crippen LogP contribution in [0.25, 0.3) is 0 Å². The smallest absolute Gasteiger partial charge is 0.255 e. The zero-order chi connectivity index (χ0) is 33.0. The summed E-state index contributed by atoms with van der Waals surface area (Å²) in [6.45, 7) is 12.0. The second-order valence-electron chi connectivity index (χ2n) is 11.4. The molecule has 0 atom stereocenters. The maximum Gasteiger partial charge on any atom is 0.255 e. The number of carbonyl (C=O) groups excluding carboxylic acids is 2. The number of carbonyl (C=O) groups is 2. The molecule has 0 aliphatic rings. The van der Waals surface area contributed by atoms with Crippen molar-refractivity contribution in [3.05, 3.63) is 95.1 Å². The highest BCUT2D eigenvalue weighted by Gasteiger charge is 2.11. The molecule has 3 rings (SSSR count). The van der Waals surface area contributed by atoms with Crippen LogP contribution in [0, 0.1) is 0 Å². The number of aliphatic imine (C=N–C) groups is 2. The number of nitrogens with one attached hydrogen (secondary N) is 4. The Bertz CT molecular complexity index is 1290. The van der Waals surface area contributed by atoms with Crippen LogP contribution in [-0.4, -0.2) is 49.7 Å². The van der Waals surface area contributed by atoms with Gasteiger partial charge in [-0.15, -0.1) is 0 Å².